The lowest BCUT2D eigenvalue weighted by Gasteiger charge is -2.09. The zero-order valence-corrected chi connectivity index (χ0v) is 14.8. The summed E-state index contributed by atoms with van der Waals surface area (Å²) in [7, 11) is 0. The smallest absolute Gasteiger partial charge is 0.241 e. The van der Waals surface area contributed by atoms with Crippen molar-refractivity contribution in [2.45, 2.75) is 19.5 Å². The Morgan fingerprint density at radius 3 is 2.81 bits per heavy atom. The molecule has 0 aliphatic carbocycles. The van der Waals surface area contributed by atoms with Gasteiger partial charge in [0.15, 0.2) is 5.82 Å². The summed E-state index contributed by atoms with van der Waals surface area (Å²) in [4.78, 5) is 19.8. The van der Waals surface area contributed by atoms with Crippen molar-refractivity contribution in [2.75, 3.05) is 10.6 Å². The zero-order chi connectivity index (χ0) is 18.5. The number of rotatable bonds is 7. The molecule has 8 nitrogen and oxygen atoms in total. The van der Waals surface area contributed by atoms with Gasteiger partial charge in [0, 0.05) is 12.7 Å². The first-order valence-electron chi connectivity index (χ1n) is 7.94. The molecule has 0 bridgehead atoms. The molecule has 1 aromatic carbocycles. The van der Waals surface area contributed by atoms with Crippen molar-refractivity contribution in [2.24, 2.45) is 5.73 Å². The van der Waals surface area contributed by atoms with Crippen LogP contribution in [0.15, 0.2) is 48.9 Å². The Morgan fingerprint density at radius 2 is 2.08 bits per heavy atom. The topological polar surface area (TPSA) is 111 Å². The van der Waals surface area contributed by atoms with E-state index >= 15 is 0 Å². The number of halogens is 1. The highest BCUT2D eigenvalue weighted by Crippen LogP contribution is 2.22. The summed E-state index contributed by atoms with van der Waals surface area (Å²) in [5.41, 5.74) is 7.02. The molecule has 0 saturated heterocycles. The van der Waals surface area contributed by atoms with Crippen molar-refractivity contribution in [1.82, 2.24) is 19.7 Å². The molecule has 2 aromatic heterocycles. The second kappa shape index (κ2) is 7.83. The van der Waals surface area contributed by atoms with Gasteiger partial charge in [-0.25, -0.2) is 4.98 Å². The predicted molar refractivity (Wildman–Crippen MR) is 100 cm³/mol. The number of hydrogen-bond acceptors (Lipinski definition) is 6. The van der Waals surface area contributed by atoms with Crippen LogP contribution < -0.4 is 16.4 Å². The third kappa shape index (κ3) is 4.28. The Kier molecular flexibility index (Phi) is 5.33. The Hall–Kier alpha value is -3.13. The first-order valence-corrected chi connectivity index (χ1v) is 8.31. The largest absolute Gasteiger partial charge is 0.368 e. The maximum atomic E-state index is 11.2. The molecule has 0 aliphatic rings. The van der Waals surface area contributed by atoms with Crippen LogP contribution in [0.2, 0.25) is 5.02 Å². The summed E-state index contributed by atoms with van der Waals surface area (Å²) in [5, 5.41) is 10.7. The van der Waals surface area contributed by atoms with Gasteiger partial charge in [-0.05, 0) is 12.5 Å². The fourth-order valence-electron chi connectivity index (χ4n) is 2.21. The number of primary amides is 1. The number of benzene rings is 1. The van der Waals surface area contributed by atoms with Crippen LogP contribution in [-0.4, -0.2) is 25.7 Å². The van der Waals surface area contributed by atoms with Crippen LogP contribution in [0, 0.1) is 0 Å². The Morgan fingerprint density at radius 1 is 1.31 bits per heavy atom. The second-order valence-electron chi connectivity index (χ2n) is 5.64. The molecular weight excluding hydrogens is 354 g/mol. The van der Waals surface area contributed by atoms with Crippen LogP contribution in [0.4, 0.5) is 17.5 Å². The Bertz CT molecular complexity index is 897. The molecule has 9 heteroatoms. The molecule has 1 amide bonds. The van der Waals surface area contributed by atoms with E-state index in [1.165, 1.54) is 10.9 Å². The highest BCUT2D eigenvalue weighted by molar-refractivity contribution is 6.32. The number of nitrogens with zero attached hydrogens (tertiary/aromatic N) is 4. The zero-order valence-electron chi connectivity index (χ0n) is 14.1. The predicted octanol–water partition coefficient (Wildman–Crippen LogP) is 2.73. The van der Waals surface area contributed by atoms with Crippen molar-refractivity contribution in [3.63, 3.8) is 0 Å². The summed E-state index contributed by atoms with van der Waals surface area (Å²) in [6.45, 7) is 2.26. The maximum absolute atomic E-state index is 11.2. The van der Waals surface area contributed by atoms with Gasteiger partial charge in [0.25, 0.3) is 0 Å². The summed E-state index contributed by atoms with van der Waals surface area (Å²) in [5.74, 6) is 0.414. The third-order valence-electron chi connectivity index (χ3n) is 3.71. The van der Waals surface area contributed by atoms with Gasteiger partial charge in [0.2, 0.25) is 11.9 Å². The number of aromatic nitrogens is 4. The molecule has 134 valence electrons. The van der Waals surface area contributed by atoms with Gasteiger partial charge >= 0.3 is 0 Å². The van der Waals surface area contributed by atoms with Gasteiger partial charge in [0.05, 0.1) is 18.1 Å². The number of amides is 1. The average molecular weight is 372 g/mol. The minimum atomic E-state index is -0.542. The number of nitrogens with one attached hydrogen (secondary N) is 2. The SMILES string of the molecule is C[C@H](C(N)=O)n1cc(Nc2ncc(Cl)c(NCc3ccccc3)n2)cn1. The molecule has 0 spiro atoms. The summed E-state index contributed by atoms with van der Waals surface area (Å²) >= 11 is 6.16. The van der Waals surface area contributed by atoms with E-state index in [9.17, 15) is 4.79 Å². The number of nitrogens with two attached hydrogens (primary N) is 1. The van der Waals surface area contributed by atoms with Gasteiger partial charge in [0.1, 0.15) is 11.1 Å². The van der Waals surface area contributed by atoms with E-state index in [1.807, 2.05) is 30.3 Å². The molecule has 1 atom stereocenters. The fourth-order valence-corrected chi connectivity index (χ4v) is 2.36. The van der Waals surface area contributed by atoms with E-state index in [-0.39, 0.29) is 0 Å². The van der Waals surface area contributed by atoms with Crippen molar-refractivity contribution in [3.05, 3.63) is 59.5 Å². The molecule has 4 N–H and O–H groups in total. The fraction of sp³-hybridized carbons (Fsp3) is 0.176. The highest BCUT2D eigenvalue weighted by atomic mass is 35.5. The van der Waals surface area contributed by atoms with E-state index in [0.717, 1.165) is 5.56 Å². The average Bonchev–Trinajstić information content (AvgIpc) is 3.10. The van der Waals surface area contributed by atoms with E-state index < -0.39 is 11.9 Å². The number of carbonyl (C=O) groups is 1. The van der Waals surface area contributed by atoms with E-state index in [1.54, 1.807) is 19.3 Å². The summed E-state index contributed by atoms with van der Waals surface area (Å²) in [6.07, 6.45) is 4.74. The number of carbonyl (C=O) groups excluding carboxylic acids is 1. The summed E-state index contributed by atoms with van der Waals surface area (Å²) in [6, 6.07) is 9.37. The molecule has 3 aromatic rings. The Balaban J connectivity index is 1.70. The van der Waals surface area contributed by atoms with E-state index in [2.05, 4.69) is 25.7 Å². The summed E-state index contributed by atoms with van der Waals surface area (Å²) < 4.78 is 1.47. The molecular formula is C17H18ClN7O. The molecule has 0 aliphatic heterocycles. The van der Waals surface area contributed by atoms with Crippen LogP contribution >= 0.6 is 11.6 Å². The lowest BCUT2D eigenvalue weighted by molar-refractivity contribution is -0.120. The van der Waals surface area contributed by atoms with Crippen molar-refractivity contribution in [3.8, 4) is 0 Å². The molecule has 3 rings (SSSR count). The lowest BCUT2D eigenvalue weighted by atomic mass is 10.2. The van der Waals surface area contributed by atoms with Crippen molar-refractivity contribution in [1.29, 1.82) is 0 Å². The molecule has 0 radical (unpaired) electrons. The van der Waals surface area contributed by atoms with Crippen LogP contribution in [0.1, 0.15) is 18.5 Å². The van der Waals surface area contributed by atoms with Gasteiger partial charge in [-0.1, -0.05) is 41.9 Å². The van der Waals surface area contributed by atoms with Crippen molar-refractivity contribution < 1.29 is 4.79 Å². The van der Waals surface area contributed by atoms with Crippen LogP contribution in [0.3, 0.4) is 0 Å². The normalized spacial score (nSPS) is 11.8. The molecule has 0 unspecified atom stereocenters. The van der Waals surface area contributed by atoms with Gasteiger partial charge in [-0.15, -0.1) is 0 Å². The lowest BCUT2D eigenvalue weighted by Crippen LogP contribution is -2.24. The monoisotopic (exact) mass is 371 g/mol. The van der Waals surface area contributed by atoms with Gasteiger partial charge in [-0.2, -0.15) is 10.1 Å². The molecule has 26 heavy (non-hydrogen) atoms. The quantitative estimate of drug-likeness (QED) is 0.589. The highest BCUT2D eigenvalue weighted by Gasteiger charge is 2.13. The first kappa shape index (κ1) is 17.7. The molecule has 0 fully saturated rings. The standard InChI is InChI=1S/C17H18ClN7O/c1-11(15(19)26)25-10-13(8-22-25)23-17-21-9-14(18)16(24-17)20-7-12-5-3-2-4-6-12/h2-6,8-11H,7H2,1H3,(H2,19,26)(H2,20,21,23,24)/t11-/m1/s1. The molecule has 2 heterocycles. The van der Waals surface area contributed by atoms with E-state index in [4.69, 9.17) is 17.3 Å². The first-order chi connectivity index (χ1) is 12.5. The van der Waals surface area contributed by atoms with Gasteiger partial charge in [-0.3, -0.25) is 9.48 Å². The Labute approximate surface area is 155 Å². The minimum absolute atomic E-state index is 0.358. The van der Waals surface area contributed by atoms with Crippen LogP contribution in [-0.2, 0) is 11.3 Å². The number of anilines is 3. The van der Waals surface area contributed by atoms with Gasteiger partial charge < -0.3 is 16.4 Å². The number of hydrogen-bond donors (Lipinski definition) is 3. The van der Waals surface area contributed by atoms with Crippen molar-refractivity contribution >= 4 is 35.0 Å². The third-order valence-corrected chi connectivity index (χ3v) is 3.99. The van der Waals surface area contributed by atoms with Crippen LogP contribution in [0.25, 0.3) is 0 Å². The van der Waals surface area contributed by atoms with E-state index in [0.29, 0.717) is 29.0 Å². The maximum Gasteiger partial charge on any atom is 0.241 e. The second-order valence-corrected chi connectivity index (χ2v) is 6.05. The van der Waals surface area contributed by atoms with Crippen LogP contribution in [0.5, 0.6) is 0 Å². The molecule has 0 saturated carbocycles. The minimum Gasteiger partial charge on any atom is -0.368 e.